The van der Waals surface area contributed by atoms with Crippen molar-refractivity contribution >= 4 is 7.82 Å². The van der Waals surface area contributed by atoms with Gasteiger partial charge in [-0.2, -0.15) is 0 Å². The monoisotopic (exact) mass is 292 g/mol. The summed E-state index contributed by atoms with van der Waals surface area (Å²) < 4.78 is 15.8. The molecule has 0 aliphatic carbocycles. The predicted molar refractivity (Wildman–Crippen MR) is 78.0 cm³/mol. The molecule has 0 aliphatic rings. The highest BCUT2D eigenvalue weighted by molar-refractivity contribution is 7.46. The minimum atomic E-state index is -4.52. The summed E-state index contributed by atoms with van der Waals surface area (Å²) >= 11 is 0. The molecule has 0 atom stereocenters. The van der Waals surface area contributed by atoms with Gasteiger partial charge in [0.25, 0.3) is 0 Å². The summed E-state index contributed by atoms with van der Waals surface area (Å²) in [5, 5.41) is 0. The molecule has 0 aromatic heterocycles. The SMILES string of the molecule is CC(C)(OP(=O)(O)O)c1ccc(-c2ccccc2)cc1. The molecule has 0 saturated carbocycles. The number of phosphoric acid groups is 1. The Hall–Kier alpha value is -1.45. The first kappa shape index (κ1) is 14.9. The molecule has 0 unspecified atom stereocenters. The fraction of sp³-hybridized carbons (Fsp3) is 0.200. The van der Waals surface area contributed by atoms with Crippen molar-refractivity contribution in [2.45, 2.75) is 19.4 Å². The van der Waals surface area contributed by atoms with E-state index in [-0.39, 0.29) is 0 Å². The van der Waals surface area contributed by atoms with Crippen LogP contribution < -0.4 is 0 Å². The smallest absolute Gasteiger partial charge is 0.303 e. The van der Waals surface area contributed by atoms with Crippen molar-refractivity contribution in [2.24, 2.45) is 0 Å². The standard InChI is InChI=1S/C15H17O4P/c1-15(2,19-20(16,17)18)14-10-8-13(9-11-14)12-6-4-3-5-7-12/h3-11H,1-2H3,(H2,16,17,18). The molecule has 5 heteroatoms. The van der Waals surface area contributed by atoms with Crippen LogP contribution in [0, 0.1) is 0 Å². The minimum Gasteiger partial charge on any atom is -0.303 e. The first-order valence-electron chi connectivity index (χ1n) is 6.20. The van der Waals surface area contributed by atoms with Crippen LogP contribution in [-0.4, -0.2) is 9.79 Å². The van der Waals surface area contributed by atoms with E-state index in [1.54, 1.807) is 13.8 Å². The van der Waals surface area contributed by atoms with E-state index in [2.05, 4.69) is 0 Å². The van der Waals surface area contributed by atoms with E-state index in [0.717, 1.165) is 11.1 Å². The Balaban J connectivity index is 2.26. The third kappa shape index (κ3) is 3.78. The van der Waals surface area contributed by atoms with Gasteiger partial charge in [-0.25, -0.2) is 4.57 Å². The van der Waals surface area contributed by atoms with E-state index in [1.807, 2.05) is 54.6 Å². The average Bonchev–Trinajstić information content (AvgIpc) is 2.37. The lowest BCUT2D eigenvalue weighted by Gasteiger charge is -2.26. The average molecular weight is 292 g/mol. The Morgan fingerprint density at radius 1 is 0.900 bits per heavy atom. The Bertz CT molecular complexity index is 614. The van der Waals surface area contributed by atoms with E-state index in [0.29, 0.717) is 5.56 Å². The maximum Gasteiger partial charge on any atom is 0.470 e. The van der Waals surface area contributed by atoms with E-state index >= 15 is 0 Å². The highest BCUT2D eigenvalue weighted by atomic mass is 31.2. The zero-order valence-corrected chi connectivity index (χ0v) is 12.2. The molecule has 0 spiro atoms. The van der Waals surface area contributed by atoms with Gasteiger partial charge in [0.15, 0.2) is 0 Å². The molecule has 0 bridgehead atoms. The Kier molecular flexibility index (Phi) is 4.11. The first-order valence-corrected chi connectivity index (χ1v) is 7.73. The molecule has 0 saturated heterocycles. The molecule has 0 heterocycles. The lowest BCUT2D eigenvalue weighted by atomic mass is 9.95. The third-order valence-electron chi connectivity index (χ3n) is 3.03. The van der Waals surface area contributed by atoms with Crippen molar-refractivity contribution in [1.29, 1.82) is 0 Å². The maximum atomic E-state index is 11.0. The summed E-state index contributed by atoms with van der Waals surface area (Å²) in [6.45, 7) is 3.26. The number of benzene rings is 2. The van der Waals surface area contributed by atoms with Gasteiger partial charge in [0.05, 0.1) is 5.60 Å². The first-order chi connectivity index (χ1) is 9.28. The van der Waals surface area contributed by atoms with Crippen molar-refractivity contribution in [3.05, 3.63) is 60.2 Å². The molecule has 2 N–H and O–H groups in total. The van der Waals surface area contributed by atoms with Gasteiger partial charge in [0, 0.05) is 0 Å². The van der Waals surface area contributed by atoms with E-state index in [9.17, 15) is 4.57 Å². The molecule has 0 fully saturated rings. The lowest BCUT2D eigenvalue weighted by molar-refractivity contribution is 0.0632. The van der Waals surface area contributed by atoms with Crippen molar-refractivity contribution in [3.8, 4) is 11.1 Å². The summed E-state index contributed by atoms with van der Waals surface area (Å²) in [5.41, 5.74) is 1.79. The molecular formula is C15H17O4P. The van der Waals surface area contributed by atoms with Gasteiger partial charge in [-0.1, -0.05) is 54.6 Å². The third-order valence-corrected chi connectivity index (χ3v) is 3.73. The summed E-state index contributed by atoms with van der Waals surface area (Å²) in [6.07, 6.45) is 0. The summed E-state index contributed by atoms with van der Waals surface area (Å²) in [7, 11) is -4.52. The van der Waals surface area contributed by atoms with Gasteiger partial charge in [-0.3, -0.25) is 4.52 Å². The predicted octanol–water partition coefficient (Wildman–Crippen LogP) is 3.70. The molecule has 0 aliphatic heterocycles. The molecule has 4 nitrogen and oxygen atoms in total. The number of hydrogen-bond acceptors (Lipinski definition) is 2. The van der Waals surface area contributed by atoms with Crippen molar-refractivity contribution in [1.82, 2.24) is 0 Å². The Morgan fingerprint density at radius 2 is 1.40 bits per heavy atom. The summed E-state index contributed by atoms with van der Waals surface area (Å²) in [5.74, 6) is 0. The van der Waals surface area contributed by atoms with Crippen molar-refractivity contribution in [3.63, 3.8) is 0 Å². The number of rotatable bonds is 4. The fourth-order valence-corrected chi connectivity index (χ4v) is 2.74. The topological polar surface area (TPSA) is 66.8 Å². The van der Waals surface area contributed by atoms with E-state index in [1.165, 1.54) is 0 Å². The summed E-state index contributed by atoms with van der Waals surface area (Å²) in [4.78, 5) is 17.9. The Morgan fingerprint density at radius 3 is 1.90 bits per heavy atom. The molecule has 0 radical (unpaired) electrons. The largest absolute Gasteiger partial charge is 0.470 e. The summed E-state index contributed by atoms with van der Waals surface area (Å²) in [6, 6.07) is 17.3. The van der Waals surface area contributed by atoms with Crippen LogP contribution >= 0.6 is 7.82 Å². The minimum absolute atomic E-state index is 0.709. The second kappa shape index (κ2) is 5.51. The van der Waals surface area contributed by atoms with Gasteiger partial charge in [0.2, 0.25) is 0 Å². The van der Waals surface area contributed by atoms with Crippen LogP contribution in [0.3, 0.4) is 0 Å². The number of phosphoric ester groups is 1. The van der Waals surface area contributed by atoms with Crippen LogP contribution in [0.25, 0.3) is 11.1 Å². The number of hydrogen-bond donors (Lipinski definition) is 2. The second-order valence-corrected chi connectivity index (χ2v) is 6.20. The van der Waals surface area contributed by atoms with Crippen LogP contribution in [0.1, 0.15) is 19.4 Å². The van der Waals surface area contributed by atoms with Gasteiger partial charge in [0.1, 0.15) is 0 Å². The van der Waals surface area contributed by atoms with E-state index in [4.69, 9.17) is 14.3 Å². The maximum absolute atomic E-state index is 11.0. The van der Waals surface area contributed by atoms with Gasteiger partial charge < -0.3 is 9.79 Å². The van der Waals surface area contributed by atoms with Crippen LogP contribution in [0.5, 0.6) is 0 Å². The van der Waals surface area contributed by atoms with Crippen LogP contribution in [0.15, 0.2) is 54.6 Å². The van der Waals surface area contributed by atoms with Gasteiger partial charge in [-0.05, 0) is 30.5 Å². The molecule has 20 heavy (non-hydrogen) atoms. The Labute approximate surface area is 118 Å². The zero-order chi connectivity index (χ0) is 14.8. The molecular weight excluding hydrogens is 275 g/mol. The normalized spacial score (nSPS) is 12.4. The molecule has 0 amide bonds. The molecule has 106 valence electrons. The molecule has 2 rings (SSSR count). The zero-order valence-electron chi connectivity index (χ0n) is 11.4. The fourth-order valence-electron chi connectivity index (χ4n) is 2.04. The van der Waals surface area contributed by atoms with Crippen molar-refractivity contribution in [2.75, 3.05) is 0 Å². The highest BCUT2D eigenvalue weighted by Crippen LogP contribution is 2.45. The molecule has 2 aromatic rings. The quantitative estimate of drug-likeness (QED) is 0.843. The van der Waals surface area contributed by atoms with Crippen molar-refractivity contribution < 1.29 is 18.9 Å². The van der Waals surface area contributed by atoms with E-state index < -0.39 is 13.4 Å². The van der Waals surface area contributed by atoms with Gasteiger partial charge in [-0.15, -0.1) is 0 Å². The van der Waals surface area contributed by atoms with Crippen LogP contribution in [-0.2, 0) is 14.7 Å². The van der Waals surface area contributed by atoms with Gasteiger partial charge >= 0.3 is 7.82 Å². The highest BCUT2D eigenvalue weighted by Gasteiger charge is 2.30. The lowest BCUT2D eigenvalue weighted by Crippen LogP contribution is -2.20. The second-order valence-electron chi connectivity index (χ2n) is 5.04. The van der Waals surface area contributed by atoms with Crippen LogP contribution in [0.2, 0.25) is 0 Å². The molecule has 2 aromatic carbocycles. The van der Waals surface area contributed by atoms with Crippen LogP contribution in [0.4, 0.5) is 0 Å².